The first-order valence-corrected chi connectivity index (χ1v) is 9.20. The van der Waals surface area contributed by atoms with Gasteiger partial charge in [0.05, 0.1) is 5.52 Å². The van der Waals surface area contributed by atoms with Gasteiger partial charge in [0.2, 0.25) is 0 Å². The molecule has 6 heteroatoms. The summed E-state index contributed by atoms with van der Waals surface area (Å²) in [7, 11) is 0. The summed E-state index contributed by atoms with van der Waals surface area (Å²) in [4.78, 5) is 32.5. The average molecular weight is 370 g/mol. The summed E-state index contributed by atoms with van der Waals surface area (Å²) in [6.07, 6.45) is 1.73. The highest BCUT2D eigenvalue weighted by molar-refractivity contribution is 6.09. The largest absolute Gasteiger partial charge is 0.350 e. The topological polar surface area (TPSA) is 86.9 Å². The maximum atomic E-state index is 12.8. The number of aromatic nitrogens is 2. The molecule has 6 nitrogen and oxygen atoms in total. The number of hydrogen-bond donors (Lipinski definition) is 3. The molecule has 0 aliphatic carbocycles. The van der Waals surface area contributed by atoms with E-state index in [1.807, 2.05) is 42.5 Å². The molecule has 3 heterocycles. The summed E-state index contributed by atoms with van der Waals surface area (Å²) in [5.74, 6) is -0.106. The first-order valence-electron chi connectivity index (χ1n) is 9.20. The maximum Gasteiger partial charge on any atom is 0.268 e. The molecule has 0 radical (unpaired) electrons. The highest BCUT2D eigenvalue weighted by atomic mass is 16.2. The third kappa shape index (κ3) is 2.62. The van der Waals surface area contributed by atoms with E-state index in [0.717, 1.165) is 27.4 Å². The highest BCUT2D eigenvalue weighted by Crippen LogP contribution is 2.32. The van der Waals surface area contributed by atoms with Gasteiger partial charge in [-0.3, -0.25) is 14.6 Å². The lowest BCUT2D eigenvalue weighted by atomic mass is 9.93. The van der Waals surface area contributed by atoms with Crippen LogP contribution < -0.4 is 10.6 Å². The van der Waals surface area contributed by atoms with Crippen molar-refractivity contribution in [3.05, 3.63) is 71.5 Å². The summed E-state index contributed by atoms with van der Waals surface area (Å²) in [6, 6.07) is 15.0. The van der Waals surface area contributed by atoms with Crippen LogP contribution in [-0.4, -0.2) is 28.3 Å². The molecule has 2 amide bonds. The van der Waals surface area contributed by atoms with Crippen LogP contribution in [0.2, 0.25) is 0 Å². The number of fused-ring (bicyclic) bond motifs is 4. The van der Waals surface area contributed by atoms with Crippen molar-refractivity contribution in [2.24, 2.45) is 0 Å². The molecule has 1 aliphatic heterocycles. The second-order valence-corrected chi connectivity index (χ2v) is 7.15. The zero-order chi connectivity index (χ0) is 19.3. The Bertz CT molecular complexity index is 1260. The summed E-state index contributed by atoms with van der Waals surface area (Å²) in [6.45, 7) is 2.67. The first-order chi connectivity index (χ1) is 13.6. The fourth-order valence-electron chi connectivity index (χ4n) is 3.83. The molecule has 1 aliphatic rings. The van der Waals surface area contributed by atoms with Crippen LogP contribution in [0.25, 0.3) is 21.8 Å². The van der Waals surface area contributed by atoms with Crippen molar-refractivity contribution in [3.8, 4) is 0 Å². The molecule has 5 rings (SSSR count). The summed E-state index contributed by atoms with van der Waals surface area (Å²) in [5.41, 5.74) is 4.50. The SMILES string of the molecule is CC1CNC(=O)c2[nH]c3ccc(C(=O)Nc4ccc5cccnc5c4)cc3c21. The van der Waals surface area contributed by atoms with Crippen molar-refractivity contribution in [2.45, 2.75) is 12.8 Å². The van der Waals surface area contributed by atoms with Gasteiger partial charge in [-0.2, -0.15) is 0 Å². The third-order valence-corrected chi connectivity index (χ3v) is 5.25. The Balaban J connectivity index is 1.50. The van der Waals surface area contributed by atoms with E-state index in [1.165, 1.54) is 0 Å². The van der Waals surface area contributed by atoms with Crippen LogP contribution in [0.3, 0.4) is 0 Å². The van der Waals surface area contributed by atoms with Gasteiger partial charge in [-0.15, -0.1) is 0 Å². The molecule has 2 aromatic heterocycles. The Morgan fingerprint density at radius 1 is 1.18 bits per heavy atom. The quantitative estimate of drug-likeness (QED) is 0.501. The first kappa shape index (κ1) is 16.5. The number of H-pyrrole nitrogens is 1. The predicted octanol–water partition coefficient (Wildman–Crippen LogP) is 3.82. The van der Waals surface area contributed by atoms with Gasteiger partial charge in [0.1, 0.15) is 5.69 Å². The number of nitrogens with zero attached hydrogens (tertiary/aromatic N) is 1. The van der Waals surface area contributed by atoms with Crippen molar-refractivity contribution in [1.29, 1.82) is 0 Å². The third-order valence-electron chi connectivity index (χ3n) is 5.25. The monoisotopic (exact) mass is 370 g/mol. The minimum atomic E-state index is -0.194. The molecule has 4 aromatic rings. The number of hydrogen-bond acceptors (Lipinski definition) is 3. The minimum absolute atomic E-state index is 0.0982. The van der Waals surface area contributed by atoms with E-state index in [0.29, 0.717) is 23.5 Å². The lowest BCUT2D eigenvalue weighted by Crippen LogP contribution is -2.33. The Morgan fingerprint density at radius 3 is 2.96 bits per heavy atom. The lowest BCUT2D eigenvalue weighted by Gasteiger charge is -2.19. The van der Waals surface area contributed by atoms with Crippen LogP contribution in [0.4, 0.5) is 5.69 Å². The molecule has 0 saturated carbocycles. The lowest BCUT2D eigenvalue weighted by molar-refractivity contribution is 0.0936. The highest BCUT2D eigenvalue weighted by Gasteiger charge is 2.27. The molecular weight excluding hydrogens is 352 g/mol. The summed E-state index contributed by atoms with van der Waals surface area (Å²) >= 11 is 0. The van der Waals surface area contributed by atoms with Gasteiger partial charge in [0.15, 0.2) is 0 Å². The predicted molar refractivity (Wildman–Crippen MR) is 109 cm³/mol. The minimum Gasteiger partial charge on any atom is -0.350 e. The summed E-state index contributed by atoms with van der Waals surface area (Å²) in [5, 5.41) is 7.76. The standard InChI is InChI=1S/C22H18N4O2/c1-12-11-24-22(28)20-19(12)16-9-14(5-7-17(16)26-20)21(27)25-15-6-4-13-3-2-8-23-18(13)10-15/h2-10,12,26H,11H2,1H3,(H,24,28)(H,25,27). The van der Waals surface area contributed by atoms with Crippen LogP contribution in [0.1, 0.15) is 39.3 Å². The van der Waals surface area contributed by atoms with Crippen LogP contribution in [0.15, 0.2) is 54.7 Å². The van der Waals surface area contributed by atoms with Crippen LogP contribution in [0.5, 0.6) is 0 Å². The number of anilines is 1. The fraction of sp³-hybridized carbons (Fsp3) is 0.136. The van der Waals surface area contributed by atoms with E-state index in [1.54, 1.807) is 12.3 Å². The van der Waals surface area contributed by atoms with Crippen molar-refractivity contribution >= 4 is 39.3 Å². The Kier molecular flexibility index (Phi) is 3.65. The van der Waals surface area contributed by atoms with E-state index in [-0.39, 0.29) is 17.7 Å². The van der Waals surface area contributed by atoms with Crippen molar-refractivity contribution in [2.75, 3.05) is 11.9 Å². The van der Waals surface area contributed by atoms with Crippen LogP contribution in [0, 0.1) is 0 Å². The van der Waals surface area contributed by atoms with E-state index >= 15 is 0 Å². The number of carbonyl (C=O) groups excluding carboxylic acids is 2. The van der Waals surface area contributed by atoms with Gasteiger partial charge in [0, 0.05) is 46.2 Å². The van der Waals surface area contributed by atoms with Gasteiger partial charge in [-0.05, 0) is 42.0 Å². The molecule has 0 fully saturated rings. The van der Waals surface area contributed by atoms with Crippen LogP contribution in [-0.2, 0) is 0 Å². The fourth-order valence-corrected chi connectivity index (χ4v) is 3.83. The number of carbonyl (C=O) groups is 2. The van der Waals surface area contributed by atoms with Gasteiger partial charge >= 0.3 is 0 Å². The number of amides is 2. The molecule has 0 spiro atoms. The number of aromatic amines is 1. The zero-order valence-corrected chi connectivity index (χ0v) is 15.2. The molecule has 138 valence electrons. The summed E-state index contributed by atoms with van der Waals surface area (Å²) < 4.78 is 0. The molecule has 28 heavy (non-hydrogen) atoms. The van der Waals surface area contributed by atoms with E-state index in [2.05, 4.69) is 27.5 Å². The van der Waals surface area contributed by atoms with Crippen molar-refractivity contribution in [3.63, 3.8) is 0 Å². The van der Waals surface area contributed by atoms with Gasteiger partial charge < -0.3 is 15.6 Å². The normalized spacial score (nSPS) is 16.0. The molecule has 0 bridgehead atoms. The van der Waals surface area contributed by atoms with Gasteiger partial charge in [-0.1, -0.05) is 19.1 Å². The van der Waals surface area contributed by atoms with E-state index in [4.69, 9.17) is 0 Å². The molecule has 1 unspecified atom stereocenters. The number of nitrogens with one attached hydrogen (secondary N) is 3. The van der Waals surface area contributed by atoms with E-state index < -0.39 is 0 Å². The number of rotatable bonds is 2. The molecule has 3 N–H and O–H groups in total. The second-order valence-electron chi connectivity index (χ2n) is 7.15. The van der Waals surface area contributed by atoms with Crippen LogP contribution >= 0.6 is 0 Å². The zero-order valence-electron chi connectivity index (χ0n) is 15.2. The van der Waals surface area contributed by atoms with Gasteiger partial charge in [-0.25, -0.2) is 0 Å². The van der Waals surface area contributed by atoms with E-state index in [9.17, 15) is 9.59 Å². The van der Waals surface area contributed by atoms with Gasteiger partial charge in [0.25, 0.3) is 11.8 Å². The molecule has 2 aromatic carbocycles. The number of benzene rings is 2. The molecule has 1 atom stereocenters. The van der Waals surface area contributed by atoms with Crippen molar-refractivity contribution in [1.82, 2.24) is 15.3 Å². The molecular formula is C22H18N4O2. The average Bonchev–Trinajstić information content (AvgIpc) is 3.11. The Hall–Kier alpha value is -3.67. The molecule has 0 saturated heterocycles. The Labute approximate surface area is 161 Å². The second kappa shape index (κ2) is 6.20. The smallest absolute Gasteiger partial charge is 0.268 e. The Morgan fingerprint density at radius 2 is 2.07 bits per heavy atom. The number of pyridine rings is 1. The maximum absolute atomic E-state index is 12.8. The van der Waals surface area contributed by atoms with Crippen molar-refractivity contribution < 1.29 is 9.59 Å².